The fourth-order valence-electron chi connectivity index (χ4n) is 4.53. The van der Waals surface area contributed by atoms with Crippen LogP contribution in [-0.4, -0.2) is 37.2 Å². The highest BCUT2D eigenvalue weighted by Gasteiger charge is 2.39. The first-order valence-electron chi connectivity index (χ1n) is 12.2. The predicted molar refractivity (Wildman–Crippen MR) is 143 cm³/mol. The summed E-state index contributed by atoms with van der Waals surface area (Å²) in [5.74, 6) is -3.23. The van der Waals surface area contributed by atoms with Crippen molar-refractivity contribution in [3.05, 3.63) is 107 Å². The molecule has 0 saturated carbocycles. The van der Waals surface area contributed by atoms with Gasteiger partial charge in [-0.2, -0.15) is 13.2 Å². The van der Waals surface area contributed by atoms with Gasteiger partial charge in [0, 0.05) is 31.1 Å². The molecule has 5 rings (SSSR count). The van der Waals surface area contributed by atoms with E-state index in [1.54, 1.807) is 43.4 Å². The molecule has 0 aliphatic heterocycles. The van der Waals surface area contributed by atoms with E-state index in [4.69, 9.17) is 16.3 Å². The second kappa shape index (κ2) is 10.4. The van der Waals surface area contributed by atoms with Gasteiger partial charge in [-0.05, 0) is 29.3 Å². The van der Waals surface area contributed by atoms with E-state index in [1.165, 1.54) is 29.2 Å². The largest absolute Gasteiger partial charge is 0.471 e. The number of hydrogen-bond acceptors (Lipinski definition) is 5. The number of alkyl halides is 5. The molecule has 0 spiro atoms. The number of aliphatic hydroxyl groups is 1. The SMILES string of the molecule is Cn1cncc1C(O)(c1ccc(C(F)(F)F)nc1)c1ccc2nc(OCC(C)(F)F)c(-c3ccccc3)c(Cl)c2c1. The van der Waals surface area contributed by atoms with E-state index < -0.39 is 30.0 Å². The van der Waals surface area contributed by atoms with E-state index in [0.29, 0.717) is 10.9 Å². The van der Waals surface area contributed by atoms with Gasteiger partial charge >= 0.3 is 6.18 Å². The lowest BCUT2D eigenvalue weighted by Gasteiger charge is -2.30. The molecule has 212 valence electrons. The summed E-state index contributed by atoms with van der Waals surface area (Å²) in [6.45, 7) is -0.208. The average Bonchev–Trinajstić information content (AvgIpc) is 3.37. The smallest absolute Gasteiger partial charge is 0.433 e. The van der Waals surface area contributed by atoms with Crippen molar-refractivity contribution in [3.8, 4) is 17.0 Å². The van der Waals surface area contributed by atoms with Crippen LogP contribution >= 0.6 is 11.6 Å². The van der Waals surface area contributed by atoms with Crippen LogP contribution in [-0.2, 0) is 18.8 Å². The van der Waals surface area contributed by atoms with Crippen molar-refractivity contribution in [3.63, 3.8) is 0 Å². The Bertz CT molecular complexity index is 1700. The number of imidazole rings is 1. The van der Waals surface area contributed by atoms with Crippen molar-refractivity contribution >= 4 is 22.5 Å². The lowest BCUT2D eigenvalue weighted by atomic mass is 9.83. The molecule has 3 heterocycles. The Morgan fingerprint density at radius 1 is 0.951 bits per heavy atom. The van der Waals surface area contributed by atoms with Crippen LogP contribution in [0.15, 0.2) is 79.4 Å². The lowest BCUT2D eigenvalue weighted by Crippen LogP contribution is -2.31. The molecule has 3 aromatic heterocycles. The standard InChI is InChI=1S/C29H22ClF5N4O2/c1-27(31,32)15-41-26-24(17-6-4-3-5-7-17)25(30)20-12-18(8-10-21(20)38-26)28(40,23-14-36-16-39(23)2)19-9-11-22(37-13-19)29(33,34)35/h3-14,16,40H,15H2,1-2H3. The Morgan fingerprint density at radius 2 is 1.66 bits per heavy atom. The maximum atomic E-state index is 13.7. The van der Waals surface area contributed by atoms with E-state index in [0.717, 1.165) is 25.3 Å². The normalized spacial score (nSPS) is 13.8. The third-order valence-electron chi connectivity index (χ3n) is 6.49. The van der Waals surface area contributed by atoms with E-state index in [9.17, 15) is 27.1 Å². The molecule has 0 bridgehead atoms. The van der Waals surface area contributed by atoms with Gasteiger partial charge in [-0.1, -0.05) is 54.1 Å². The maximum absolute atomic E-state index is 13.7. The molecule has 0 radical (unpaired) electrons. The summed E-state index contributed by atoms with van der Waals surface area (Å²) >= 11 is 6.88. The van der Waals surface area contributed by atoms with Crippen molar-refractivity contribution in [1.29, 1.82) is 0 Å². The van der Waals surface area contributed by atoms with Gasteiger partial charge < -0.3 is 14.4 Å². The molecular formula is C29H22ClF5N4O2. The van der Waals surface area contributed by atoms with Gasteiger partial charge in [0.05, 0.1) is 34.3 Å². The van der Waals surface area contributed by atoms with Crippen LogP contribution in [0.25, 0.3) is 22.0 Å². The number of ether oxygens (including phenoxy) is 1. The van der Waals surface area contributed by atoms with E-state index in [2.05, 4.69) is 15.0 Å². The minimum absolute atomic E-state index is 0.0472. The first-order chi connectivity index (χ1) is 19.3. The fraction of sp³-hybridized carbons (Fsp3) is 0.207. The van der Waals surface area contributed by atoms with Crippen LogP contribution in [0.1, 0.15) is 29.4 Å². The van der Waals surface area contributed by atoms with Crippen molar-refractivity contribution in [1.82, 2.24) is 19.5 Å². The first kappa shape index (κ1) is 28.4. The molecule has 0 aliphatic carbocycles. The molecule has 6 nitrogen and oxygen atoms in total. The Balaban J connectivity index is 1.73. The molecule has 0 amide bonds. The fourth-order valence-corrected chi connectivity index (χ4v) is 4.87. The lowest BCUT2D eigenvalue weighted by molar-refractivity contribution is -0.141. The summed E-state index contributed by atoms with van der Waals surface area (Å²) in [5, 5.41) is 12.7. The molecule has 1 atom stereocenters. The molecule has 5 aromatic rings. The minimum Gasteiger partial charge on any atom is -0.471 e. The van der Waals surface area contributed by atoms with Crippen LogP contribution in [0.2, 0.25) is 5.02 Å². The molecule has 41 heavy (non-hydrogen) atoms. The van der Waals surface area contributed by atoms with Crippen LogP contribution in [0.4, 0.5) is 22.0 Å². The van der Waals surface area contributed by atoms with Gasteiger partial charge in [0.2, 0.25) is 5.88 Å². The quantitative estimate of drug-likeness (QED) is 0.207. The molecule has 12 heteroatoms. The zero-order valence-corrected chi connectivity index (χ0v) is 22.4. The number of nitrogens with zero attached hydrogens (tertiary/aromatic N) is 4. The summed E-state index contributed by atoms with van der Waals surface area (Å²) in [7, 11) is 1.63. The number of hydrogen-bond donors (Lipinski definition) is 1. The maximum Gasteiger partial charge on any atom is 0.433 e. The Kier molecular flexibility index (Phi) is 7.20. The summed E-state index contributed by atoms with van der Waals surface area (Å²) in [6.07, 6.45) is -0.884. The molecule has 2 aromatic carbocycles. The molecule has 1 N–H and O–H groups in total. The number of fused-ring (bicyclic) bond motifs is 1. The zero-order valence-electron chi connectivity index (χ0n) is 21.6. The van der Waals surface area contributed by atoms with Gasteiger partial charge in [-0.3, -0.25) is 4.98 Å². The first-order valence-corrected chi connectivity index (χ1v) is 12.6. The number of halogens is 6. The van der Waals surface area contributed by atoms with Gasteiger partial charge in [-0.25, -0.2) is 18.7 Å². The Labute approximate surface area is 236 Å². The van der Waals surface area contributed by atoms with Crippen LogP contribution in [0.3, 0.4) is 0 Å². The Hall–Kier alpha value is -4.09. The second-order valence-corrected chi connectivity index (χ2v) is 9.97. The van der Waals surface area contributed by atoms with Crippen molar-refractivity contribution in [2.45, 2.75) is 24.6 Å². The molecular weight excluding hydrogens is 567 g/mol. The van der Waals surface area contributed by atoms with E-state index >= 15 is 0 Å². The van der Waals surface area contributed by atoms with Crippen molar-refractivity contribution < 1.29 is 31.8 Å². The molecule has 0 aliphatic rings. The van der Waals surface area contributed by atoms with Gasteiger partial charge in [-0.15, -0.1) is 0 Å². The van der Waals surface area contributed by atoms with Crippen LogP contribution in [0, 0.1) is 0 Å². The van der Waals surface area contributed by atoms with Crippen molar-refractivity contribution in [2.75, 3.05) is 6.61 Å². The third kappa shape index (κ3) is 5.47. The number of aromatic nitrogens is 4. The average molecular weight is 589 g/mol. The number of pyridine rings is 2. The second-order valence-electron chi connectivity index (χ2n) is 9.59. The summed E-state index contributed by atoms with van der Waals surface area (Å²) in [5.41, 5.74) is -1.50. The Morgan fingerprint density at radius 3 is 2.24 bits per heavy atom. The van der Waals surface area contributed by atoms with Crippen LogP contribution < -0.4 is 4.74 Å². The topological polar surface area (TPSA) is 73.1 Å². The molecule has 1 unspecified atom stereocenters. The van der Waals surface area contributed by atoms with Gasteiger partial charge in [0.1, 0.15) is 5.69 Å². The summed E-state index contributed by atoms with van der Waals surface area (Å²) in [4.78, 5) is 12.1. The number of rotatable bonds is 7. The zero-order chi connectivity index (χ0) is 29.6. The monoisotopic (exact) mass is 588 g/mol. The molecule has 0 saturated heterocycles. The highest BCUT2D eigenvalue weighted by atomic mass is 35.5. The van der Waals surface area contributed by atoms with Crippen LogP contribution in [0.5, 0.6) is 5.88 Å². The minimum atomic E-state index is -4.67. The highest BCUT2D eigenvalue weighted by Crippen LogP contribution is 2.43. The highest BCUT2D eigenvalue weighted by molar-refractivity contribution is 6.38. The predicted octanol–water partition coefficient (Wildman–Crippen LogP) is 7.02. The number of aryl methyl sites for hydroxylation is 1. The number of benzene rings is 2. The van der Waals surface area contributed by atoms with Gasteiger partial charge in [0.25, 0.3) is 5.92 Å². The van der Waals surface area contributed by atoms with Crippen molar-refractivity contribution in [2.24, 2.45) is 7.05 Å². The van der Waals surface area contributed by atoms with E-state index in [1.807, 2.05) is 0 Å². The summed E-state index contributed by atoms with van der Waals surface area (Å²) < 4.78 is 73.9. The van der Waals surface area contributed by atoms with E-state index in [-0.39, 0.29) is 38.8 Å². The molecule has 0 fully saturated rings. The third-order valence-corrected chi connectivity index (χ3v) is 6.88. The van der Waals surface area contributed by atoms with Gasteiger partial charge in [0.15, 0.2) is 12.2 Å². The summed E-state index contributed by atoms with van der Waals surface area (Å²) in [6, 6.07) is 15.2.